The number of amides is 2. The van der Waals surface area contributed by atoms with Crippen LogP contribution in [0.5, 0.6) is 0 Å². The van der Waals surface area contributed by atoms with Crippen LogP contribution in [-0.4, -0.2) is 57.6 Å². The molecule has 0 N–H and O–H groups in total. The van der Waals surface area contributed by atoms with E-state index in [2.05, 4.69) is 15.3 Å². The standard InChI is InChI=1S/C18H18F2N6O3S/c19-18(20,30(28,29)16-13-23-25-11-5-2-6-15(16)25)26(14-7-8-21-22-12-14)17(27)24-9-3-1-4-10-24/h2,5-8,11-13H,1,3-4,9-10H2. The molecule has 3 aromatic heterocycles. The van der Waals surface area contributed by atoms with Crippen molar-refractivity contribution in [3.05, 3.63) is 49.1 Å². The lowest BCUT2D eigenvalue weighted by Crippen LogP contribution is -2.56. The number of piperidine rings is 1. The van der Waals surface area contributed by atoms with Crippen molar-refractivity contribution in [3.8, 4) is 0 Å². The molecule has 2 amide bonds. The van der Waals surface area contributed by atoms with Gasteiger partial charge in [0.15, 0.2) is 0 Å². The van der Waals surface area contributed by atoms with Gasteiger partial charge in [0.2, 0.25) is 0 Å². The highest BCUT2D eigenvalue weighted by Gasteiger charge is 2.56. The minimum Gasteiger partial charge on any atom is -0.324 e. The lowest BCUT2D eigenvalue weighted by Gasteiger charge is -2.36. The lowest BCUT2D eigenvalue weighted by atomic mass is 10.1. The summed E-state index contributed by atoms with van der Waals surface area (Å²) < 4.78 is 58.6. The maximum absolute atomic E-state index is 15.7. The quantitative estimate of drug-likeness (QED) is 0.583. The van der Waals surface area contributed by atoms with Crippen LogP contribution in [-0.2, 0) is 9.84 Å². The monoisotopic (exact) mass is 436 g/mol. The van der Waals surface area contributed by atoms with E-state index in [4.69, 9.17) is 0 Å². The first-order chi connectivity index (χ1) is 14.3. The molecule has 12 heteroatoms. The third-order valence-corrected chi connectivity index (χ3v) is 6.63. The van der Waals surface area contributed by atoms with Gasteiger partial charge < -0.3 is 4.90 Å². The summed E-state index contributed by atoms with van der Waals surface area (Å²) in [6.45, 7) is 0.529. The summed E-state index contributed by atoms with van der Waals surface area (Å²) in [7, 11) is -5.34. The molecule has 1 saturated heterocycles. The van der Waals surface area contributed by atoms with Crippen molar-refractivity contribution in [3.63, 3.8) is 0 Å². The molecule has 0 spiro atoms. The molecule has 30 heavy (non-hydrogen) atoms. The lowest BCUT2D eigenvalue weighted by molar-refractivity contribution is 0.0841. The number of aromatic nitrogens is 4. The van der Waals surface area contributed by atoms with Gasteiger partial charge in [-0.15, -0.1) is 0 Å². The second-order valence-electron chi connectivity index (χ2n) is 6.80. The number of likely N-dealkylation sites (tertiary alicyclic amines) is 1. The highest BCUT2D eigenvalue weighted by Crippen LogP contribution is 2.38. The first-order valence-corrected chi connectivity index (χ1v) is 10.7. The van der Waals surface area contributed by atoms with Crippen molar-refractivity contribution in [2.24, 2.45) is 0 Å². The molecule has 4 rings (SSSR count). The van der Waals surface area contributed by atoms with Crippen LogP contribution in [0, 0.1) is 0 Å². The van der Waals surface area contributed by atoms with E-state index in [0.29, 0.717) is 12.8 Å². The van der Waals surface area contributed by atoms with Crippen LogP contribution in [0.4, 0.5) is 19.3 Å². The number of anilines is 1. The van der Waals surface area contributed by atoms with Gasteiger partial charge >= 0.3 is 11.4 Å². The Bertz CT molecular complexity index is 1160. The fourth-order valence-electron chi connectivity index (χ4n) is 3.39. The Labute approximate surface area is 170 Å². The average Bonchev–Trinajstić information content (AvgIpc) is 3.20. The van der Waals surface area contributed by atoms with Gasteiger partial charge in [0.05, 0.1) is 29.8 Å². The predicted octanol–water partition coefficient (Wildman–Crippen LogP) is 2.56. The Morgan fingerprint density at radius 1 is 1.07 bits per heavy atom. The zero-order chi connectivity index (χ0) is 21.4. The summed E-state index contributed by atoms with van der Waals surface area (Å²) in [5.74, 6) is 0. The number of alkyl halides is 2. The number of sulfone groups is 1. The minimum absolute atomic E-state index is 0.0181. The number of hydrogen-bond donors (Lipinski definition) is 0. The van der Waals surface area contributed by atoms with Gasteiger partial charge in [-0.1, -0.05) is 6.07 Å². The van der Waals surface area contributed by atoms with Crippen LogP contribution >= 0.6 is 0 Å². The molecular weight excluding hydrogens is 418 g/mol. The van der Waals surface area contributed by atoms with E-state index >= 15 is 8.78 Å². The van der Waals surface area contributed by atoms with Crippen molar-refractivity contribution >= 4 is 27.1 Å². The van der Waals surface area contributed by atoms with Gasteiger partial charge in [-0.05, 0) is 37.5 Å². The summed E-state index contributed by atoms with van der Waals surface area (Å²) in [6, 6.07) is 4.48. The Balaban J connectivity index is 1.83. The van der Waals surface area contributed by atoms with Gasteiger partial charge in [0.1, 0.15) is 4.90 Å². The first kappa shape index (κ1) is 20.1. The Morgan fingerprint density at radius 2 is 1.83 bits per heavy atom. The molecule has 1 aliphatic rings. The number of rotatable bonds is 4. The summed E-state index contributed by atoms with van der Waals surface area (Å²) in [4.78, 5) is 13.6. The Hall–Kier alpha value is -3.15. The molecule has 3 aromatic rings. The molecular formula is C18H18F2N6O3S. The normalized spacial score (nSPS) is 15.3. The molecule has 0 saturated carbocycles. The maximum atomic E-state index is 15.7. The van der Waals surface area contributed by atoms with Gasteiger partial charge in [0, 0.05) is 19.3 Å². The number of carbonyl (C=O) groups is 1. The van der Waals surface area contributed by atoms with Gasteiger partial charge in [-0.3, -0.25) is 0 Å². The minimum atomic E-state index is -5.34. The molecule has 9 nitrogen and oxygen atoms in total. The Kier molecular flexibility index (Phi) is 5.10. The first-order valence-electron chi connectivity index (χ1n) is 9.24. The van der Waals surface area contributed by atoms with Crippen molar-refractivity contribution in [1.29, 1.82) is 0 Å². The van der Waals surface area contributed by atoms with E-state index in [1.807, 2.05) is 0 Å². The number of pyridine rings is 1. The zero-order valence-electron chi connectivity index (χ0n) is 15.7. The van der Waals surface area contributed by atoms with Crippen LogP contribution in [0.3, 0.4) is 0 Å². The zero-order valence-corrected chi connectivity index (χ0v) is 16.5. The third kappa shape index (κ3) is 3.26. The van der Waals surface area contributed by atoms with E-state index in [9.17, 15) is 13.2 Å². The Morgan fingerprint density at radius 3 is 2.53 bits per heavy atom. The van der Waals surface area contributed by atoms with E-state index in [0.717, 1.165) is 31.1 Å². The summed E-state index contributed by atoms with van der Waals surface area (Å²) in [5, 5.41) is 6.30. The van der Waals surface area contributed by atoms with Crippen LogP contribution in [0.2, 0.25) is 0 Å². The number of fused-ring (bicyclic) bond motifs is 1. The molecule has 0 bridgehead atoms. The second kappa shape index (κ2) is 7.59. The number of hydrogen-bond acceptors (Lipinski definition) is 6. The van der Waals surface area contributed by atoms with Crippen LogP contribution in [0.1, 0.15) is 19.3 Å². The molecule has 0 aromatic carbocycles. The molecule has 0 radical (unpaired) electrons. The van der Waals surface area contributed by atoms with Crippen LogP contribution < -0.4 is 4.90 Å². The van der Waals surface area contributed by atoms with E-state index in [1.165, 1.54) is 27.7 Å². The fourth-order valence-corrected chi connectivity index (χ4v) is 4.70. The van der Waals surface area contributed by atoms with Gasteiger partial charge in [-0.25, -0.2) is 22.6 Å². The molecule has 0 atom stereocenters. The summed E-state index contributed by atoms with van der Waals surface area (Å²) in [6.07, 6.45) is 6.52. The third-order valence-electron chi connectivity index (χ3n) is 4.91. The van der Waals surface area contributed by atoms with Crippen molar-refractivity contribution in [2.45, 2.75) is 29.5 Å². The van der Waals surface area contributed by atoms with Crippen molar-refractivity contribution in [2.75, 3.05) is 18.0 Å². The highest BCUT2D eigenvalue weighted by molar-refractivity contribution is 7.92. The number of halogens is 2. The maximum Gasteiger partial charge on any atom is 0.440 e. The fraction of sp³-hybridized carbons (Fsp3) is 0.333. The van der Waals surface area contributed by atoms with Crippen molar-refractivity contribution in [1.82, 2.24) is 24.7 Å². The van der Waals surface area contributed by atoms with E-state index in [-0.39, 0.29) is 29.2 Å². The molecule has 4 heterocycles. The SMILES string of the molecule is O=C(N1CCCCC1)N(c1ccnnc1)C(F)(F)S(=O)(=O)c1cnn2ccccc12. The second-order valence-corrected chi connectivity index (χ2v) is 8.73. The van der Waals surface area contributed by atoms with Gasteiger partial charge in [0.25, 0.3) is 9.84 Å². The smallest absolute Gasteiger partial charge is 0.324 e. The molecule has 0 aliphatic carbocycles. The van der Waals surface area contributed by atoms with E-state index in [1.54, 1.807) is 6.07 Å². The van der Waals surface area contributed by atoms with Crippen LogP contribution in [0.25, 0.3) is 5.52 Å². The molecule has 1 aliphatic heterocycles. The summed E-state index contributed by atoms with van der Waals surface area (Å²) in [5.41, 5.74) is -0.388. The molecule has 0 unspecified atom stereocenters. The molecule has 158 valence electrons. The number of nitrogens with zero attached hydrogens (tertiary/aromatic N) is 6. The van der Waals surface area contributed by atoms with Gasteiger partial charge in [-0.2, -0.15) is 24.1 Å². The highest BCUT2D eigenvalue weighted by atomic mass is 32.2. The van der Waals surface area contributed by atoms with Crippen LogP contribution in [0.15, 0.2) is 53.9 Å². The summed E-state index contributed by atoms with van der Waals surface area (Å²) >= 11 is 0. The van der Waals surface area contributed by atoms with E-state index < -0.39 is 26.1 Å². The predicted molar refractivity (Wildman–Crippen MR) is 103 cm³/mol. The molecule has 1 fully saturated rings. The van der Waals surface area contributed by atoms with Crippen molar-refractivity contribution < 1.29 is 22.0 Å². The number of carbonyl (C=O) groups excluding carboxylic acids is 1. The average molecular weight is 436 g/mol. The number of urea groups is 1. The topological polar surface area (TPSA) is 101 Å². The largest absolute Gasteiger partial charge is 0.440 e.